The lowest BCUT2D eigenvalue weighted by atomic mass is 10.1. The number of thiazole rings is 1. The van der Waals surface area contributed by atoms with Crippen LogP contribution in [0.1, 0.15) is 40.7 Å². The Labute approximate surface area is 168 Å². The molecule has 0 fully saturated rings. The second-order valence-corrected chi connectivity index (χ2v) is 9.77. The minimum absolute atomic E-state index is 0.157. The van der Waals surface area contributed by atoms with Crippen LogP contribution in [-0.2, 0) is 16.6 Å². The first-order valence-corrected chi connectivity index (χ1v) is 11.3. The Hall–Kier alpha value is -2.49. The molecule has 9 heteroatoms. The molecule has 0 aliphatic heterocycles. The van der Waals surface area contributed by atoms with Gasteiger partial charge in [-0.1, -0.05) is 26.0 Å². The number of nitrogens with one attached hydrogen (secondary N) is 1. The summed E-state index contributed by atoms with van der Waals surface area (Å²) in [5, 5.41) is 1.02. The number of amides is 1. The highest BCUT2D eigenvalue weighted by atomic mass is 32.2. The molecule has 0 saturated carbocycles. The van der Waals surface area contributed by atoms with Crippen molar-refractivity contribution >= 4 is 43.2 Å². The minimum Gasteiger partial charge on any atom is -0.290 e. The number of aromatic nitrogens is 1. The summed E-state index contributed by atoms with van der Waals surface area (Å²) in [6, 6.07) is 12.1. The number of hydrogen-bond acceptors (Lipinski definition) is 6. The number of anilines is 1. The van der Waals surface area contributed by atoms with Gasteiger partial charge >= 0.3 is 0 Å². The van der Waals surface area contributed by atoms with Crippen LogP contribution in [0.3, 0.4) is 0 Å². The molecule has 0 bridgehead atoms. The van der Waals surface area contributed by atoms with Crippen molar-refractivity contribution < 1.29 is 13.2 Å². The van der Waals surface area contributed by atoms with Crippen LogP contribution in [0.5, 0.6) is 0 Å². The number of carbonyl (C=O) groups excluding carboxylic acids is 1. The lowest BCUT2D eigenvalue weighted by Gasteiger charge is -2.22. The number of rotatable bonds is 6. The summed E-state index contributed by atoms with van der Waals surface area (Å²) in [7, 11) is -3.51. The van der Waals surface area contributed by atoms with E-state index in [4.69, 9.17) is 5.84 Å². The second-order valence-electron chi connectivity index (χ2n) is 6.80. The monoisotopic (exact) mass is 418 g/mol. The quantitative estimate of drug-likeness (QED) is 0.364. The number of carbonyl (C=O) groups is 1. The molecule has 148 valence electrons. The van der Waals surface area contributed by atoms with Gasteiger partial charge in [0.05, 0.1) is 33.7 Å². The lowest BCUT2D eigenvalue weighted by Crippen LogP contribution is -2.30. The van der Waals surface area contributed by atoms with Gasteiger partial charge in [0.2, 0.25) is 10.0 Å². The average molecular weight is 419 g/mol. The molecule has 0 unspecified atom stereocenters. The predicted octanol–water partition coefficient (Wildman–Crippen LogP) is 2.99. The van der Waals surface area contributed by atoms with Gasteiger partial charge in [-0.15, -0.1) is 11.3 Å². The van der Waals surface area contributed by atoms with Crippen molar-refractivity contribution in [1.82, 2.24) is 10.4 Å². The first-order valence-electron chi connectivity index (χ1n) is 8.67. The average Bonchev–Trinajstić information content (AvgIpc) is 3.08. The van der Waals surface area contributed by atoms with Crippen LogP contribution in [0.4, 0.5) is 5.69 Å². The third-order valence-electron chi connectivity index (χ3n) is 4.24. The van der Waals surface area contributed by atoms with Gasteiger partial charge in [-0.3, -0.25) is 14.5 Å². The molecule has 0 spiro atoms. The number of fused-ring (bicyclic) bond motifs is 1. The zero-order valence-electron chi connectivity index (χ0n) is 15.8. The number of benzene rings is 2. The number of nitrogens with zero attached hydrogens (tertiary/aromatic N) is 2. The second kappa shape index (κ2) is 7.86. The van der Waals surface area contributed by atoms with Crippen molar-refractivity contribution in [3.05, 3.63) is 58.6 Å². The molecule has 0 atom stereocenters. The van der Waals surface area contributed by atoms with Gasteiger partial charge in [0.1, 0.15) is 0 Å². The summed E-state index contributed by atoms with van der Waals surface area (Å²) in [4.78, 5) is 16.2. The van der Waals surface area contributed by atoms with Gasteiger partial charge < -0.3 is 0 Å². The Morgan fingerprint density at radius 3 is 2.46 bits per heavy atom. The van der Waals surface area contributed by atoms with Crippen molar-refractivity contribution in [2.45, 2.75) is 26.3 Å². The van der Waals surface area contributed by atoms with E-state index in [9.17, 15) is 13.2 Å². The van der Waals surface area contributed by atoms with Crippen molar-refractivity contribution in [3.8, 4) is 0 Å². The van der Waals surface area contributed by atoms with Crippen LogP contribution in [0, 0.1) is 0 Å². The third-order valence-corrected chi connectivity index (χ3v) is 6.70. The van der Waals surface area contributed by atoms with E-state index in [1.54, 1.807) is 41.7 Å². The van der Waals surface area contributed by atoms with E-state index in [1.165, 1.54) is 10.6 Å². The molecule has 0 radical (unpaired) electrons. The number of sulfonamides is 1. The van der Waals surface area contributed by atoms with E-state index in [0.29, 0.717) is 17.2 Å². The van der Waals surface area contributed by atoms with Gasteiger partial charge in [0.25, 0.3) is 5.91 Å². The maximum absolute atomic E-state index is 12.4. The van der Waals surface area contributed by atoms with Crippen molar-refractivity contribution in [3.63, 3.8) is 0 Å². The summed E-state index contributed by atoms with van der Waals surface area (Å²) in [6.45, 7) is 4.32. The fourth-order valence-electron chi connectivity index (χ4n) is 2.74. The normalized spacial score (nSPS) is 11.8. The Morgan fingerprint density at radius 1 is 1.21 bits per heavy atom. The van der Waals surface area contributed by atoms with Crippen molar-refractivity contribution in [2.24, 2.45) is 5.84 Å². The van der Waals surface area contributed by atoms with E-state index in [0.717, 1.165) is 20.8 Å². The molecular weight excluding hydrogens is 396 g/mol. The molecule has 3 aromatic rings. The zero-order valence-corrected chi connectivity index (χ0v) is 17.5. The zero-order chi connectivity index (χ0) is 20.5. The van der Waals surface area contributed by atoms with E-state index in [1.807, 2.05) is 12.1 Å². The van der Waals surface area contributed by atoms with Crippen LogP contribution >= 0.6 is 11.3 Å². The van der Waals surface area contributed by atoms with Gasteiger partial charge in [-0.2, -0.15) is 0 Å². The summed E-state index contributed by atoms with van der Waals surface area (Å²) < 4.78 is 27.2. The van der Waals surface area contributed by atoms with Gasteiger partial charge in [0, 0.05) is 11.5 Å². The molecule has 1 amide bonds. The van der Waals surface area contributed by atoms with Gasteiger partial charge in [-0.05, 0) is 35.9 Å². The molecule has 1 heterocycles. The SMILES string of the molecule is CC(C)c1nc2ccc(N(Cc3ccc(C(=O)NN)cc3)S(C)(=O)=O)cc2s1. The van der Waals surface area contributed by atoms with Gasteiger partial charge in [0.15, 0.2) is 0 Å². The van der Waals surface area contributed by atoms with E-state index >= 15 is 0 Å². The molecule has 2 aromatic carbocycles. The van der Waals surface area contributed by atoms with E-state index in [-0.39, 0.29) is 6.54 Å². The third kappa shape index (κ3) is 4.32. The number of nitrogens with two attached hydrogens (primary N) is 1. The highest BCUT2D eigenvalue weighted by Crippen LogP contribution is 2.31. The fourth-order valence-corrected chi connectivity index (χ4v) is 4.63. The Balaban J connectivity index is 1.94. The smallest absolute Gasteiger partial charge is 0.265 e. The first kappa shape index (κ1) is 20.2. The topological polar surface area (TPSA) is 105 Å². The van der Waals surface area contributed by atoms with Crippen molar-refractivity contribution in [1.29, 1.82) is 0 Å². The van der Waals surface area contributed by atoms with Crippen LogP contribution in [0.25, 0.3) is 10.2 Å². The fraction of sp³-hybridized carbons (Fsp3) is 0.263. The Bertz CT molecular complexity index is 1110. The molecule has 28 heavy (non-hydrogen) atoms. The molecule has 0 aliphatic carbocycles. The maximum atomic E-state index is 12.4. The first-order chi connectivity index (χ1) is 13.2. The maximum Gasteiger partial charge on any atom is 0.265 e. The number of nitrogen functional groups attached to an aromatic ring is 1. The Morgan fingerprint density at radius 2 is 1.89 bits per heavy atom. The molecular formula is C19H22N4O3S2. The lowest BCUT2D eigenvalue weighted by molar-refractivity contribution is 0.0953. The summed E-state index contributed by atoms with van der Waals surface area (Å²) in [5.41, 5.74) is 4.68. The van der Waals surface area contributed by atoms with E-state index < -0.39 is 15.9 Å². The highest BCUT2D eigenvalue weighted by molar-refractivity contribution is 7.92. The van der Waals surface area contributed by atoms with Crippen LogP contribution in [-0.4, -0.2) is 25.6 Å². The van der Waals surface area contributed by atoms with Crippen LogP contribution < -0.4 is 15.6 Å². The molecule has 0 aliphatic rings. The largest absolute Gasteiger partial charge is 0.290 e. The standard InChI is InChI=1S/C19H22N4O3S2/c1-12(2)19-21-16-9-8-15(10-17(16)27-19)23(28(3,25)26)11-13-4-6-14(7-5-13)18(24)22-20/h4-10,12H,11,20H2,1-3H3,(H,22,24). The van der Waals surface area contributed by atoms with E-state index in [2.05, 4.69) is 24.3 Å². The summed E-state index contributed by atoms with van der Waals surface area (Å²) >= 11 is 1.57. The molecule has 1 aromatic heterocycles. The van der Waals surface area contributed by atoms with Crippen LogP contribution in [0.15, 0.2) is 42.5 Å². The van der Waals surface area contributed by atoms with Gasteiger partial charge in [-0.25, -0.2) is 19.2 Å². The van der Waals surface area contributed by atoms with Crippen LogP contribution in [0.2, 0.25) is 0 Å². The number of hydrazine groups is 1. The molecule has 7 nitrogen and oxygen atoms in total. The summed E-state index contributed by atoms with van der Waals surface area (Å²) in [5.74, 6) is 5.05. The highest BCUT2D eigenvalue weighted by Gasteiger charge is 2.19. The molecule has 3 N–H and O–H groups in total. The summed E-state index contributed by atoms with van der Waals surface area (Å²) in [6.07, 6.45) is 1.18. The Kier molecular flexibility index (Phi) is 5.69. The minimum atomic E-state index is -3.51. The number of hydrogen-bond donors (Lipinski definition) is 2. The molecule has 3 rings (SSSR count). The molecule has 0 saturated heterocycles. The van der Waals surface area contributed by atoms with Crippen molar-refractivity contribution in [2.75, 3.05) is 10.6 Å². The predicted molar refractivity (Wildman–Crippen MR) is 113 cm³/mol.